The third-order valence-corrected chi connectivity index (χ3v) is 4.88. The predicted octanol–water partition coefficient (Wildman–Crippen LogP) is 6.20. The van der Waals surface area contributed by atoms with E-state index in [0.29, 0.717) is 11.3 Å². The molecule has 2 aromatic rings. The molecule has 12 heteroatoms. The van der Waals surface area contributed by atoms with Crippen LogP contribution in [-0.4, -0.2) is 46.5 Å². The molecule has 2 amide bonds. The van der Waals surface area contributed by atoms with Crippen LogP contribution in [0.5, 0.6) is 5.75 Å². The van der Waals surface area contributed by atoms with Crippen molar-refractivity contribution in [3.8, 4) is 17.0 Å². The first kappa shape index (κ1) is 30.8. The molecule has 1 heterocycles. The molecule has 0 saturated heterocycles. The summed E-state index contributed by atoms with van der Waals surface area (Å²) in [5.41, 5.74) is 3.47. The van der Waals surface area contributed by atoms with Crippen LogP contribution in [0.3, 0.4) is 0 Å². The van der Waals surface area contributed by atoms with Gasteiger partial charge < -0.3 is 19.9 Å². The Hall–Kier alpha value is -3.41. The molecule has 0 unspecified atom stereocenters. The summed E-state index contributed by atoms with van der Waals surface area (Å²) in [7, 11) is 0. The number of benzene rings is 1. The number of aromatic nitrogens is 2. The van der Waals surface area contributed by atoms with Crippen LogP contribution < -0.4 is 15.4 Å². The summed E-state index contributed by atoms with van der Waals surface area (Å²) in [5, 5.41) is 0. The summed E-state index contributed by atoms with van der Waals surface area (Å²) in [5.74, 6) is -0.561. The molecule has 1 atom stereocenters. The fraction of sp³-hybridized carbons (Fsp3) is 0.538. The van der Waals surface area contributed by atoms with Crippen molar-refractivity contribution in [2.45, 2.75) is 72.2 Å². The summed E-state index contributed by atoms with van der Waals surface area (Å²) in [6, 6.07) is 4.79. The lowest BCUT2D eigenvalue weighted by atomic mass is 9.93. The van der Waals surface area contributed by atoms with Crippen LogP contribution >= 0.6 is 0 Å². The van der Waals surface area contributed by atoms with E-state index >= 15 is 0 Å². The third-order valence-electron chi connectivity index (χ3n) is 4.88. The summed E-state index contributed by atoms with van der Waals surface area (Å²) in [4.78, 5) is 33.8. The maximum absolute atomic E-state index is 14.0. The smallest absolute Gasteiger partial charge is 0.427 e. The number of carbonyl (C=O) groups is 2. The number of amides is 2. The van der Waals surface area contributed by atoms with Crippen molar-refractivity contribution < 1.29 is 37.0 Å². The van der Waals surface area contributed by atoms with Crippen LogP contribution in [0, 0.1) is 5.92 Å². The van der Waals surface area contributed by atoms with E-state index in [1.165, 1.54) is 24.4 Å². The second kappa shape index (κ2) is 12.0. The van der Waals surface area contributed by atoms with E-state index in [-0.39, 0.29) is 36.1 Å². The number of nitrogens with zero attached hydrogens (tertiary/aromatic N) is 3. The van der Waals surface area contributed by atoms with Gasteiger partial charge in [-0.1, -0.05) is 13.8 Å². The molecule has 0 saturated carbocycles. The monoisotopic (exact) mass is 540 g/mol. The number of anilines is 1. The van der Waals surface area contributed by atoms with E-state index in [2.05, 4.69) is 9.97 Å². The minimum absolute atomic E-state index is 0.0216. The van der Waals surface area contributed by atoms with Crippen molar-refractivity contribution in [3.05, 3.63) is 36.0 Å². The second-order valence-corrected chi connectivity index (χ2v) is 10.5. The third kappa shape index (κ3) is 8.86. The number of imide groups is 1. The number of halogens is 3. The molecule has 0 bridgehead atoms. The first-order valence-electron chi connectivity index (χ1n) is 12.1. The minimum Gasteiger partial charge on any atom is -0.491 e. The maximum atomic E-state index is 14.0. The Labute approximate surface area is 220 Å². The van der Waals surface area contributed by atoms with Crippen LogP contribution in [0.15, 0.2) is 30.5 Å². The Kier molecular flexibility index (Phi) is 9.71. The van der Waals surface area contributed by atoms with Gasteiger partial charge in [0.15, 0.2) is 0 Å². The molecule has 210 valence electrons. The van der Waals surface area contributed by atoms with Crippen LogP contribution in [-0.2, 0) is 15.7 Å². The summed E-state index contributed by atoms with van der Waals surface area (Å²) in [6.45, 7) is 11.8. The van der Waals surface area contributed by atoms with Crippen molar-refractivity contribution in [1.29, 1.82) is 0 Å². The van der Waals surface area contributed by atoms with Crippen LogP contribution in [0.2, 0.25) is 0 Å². The van der Waals surface area contributed by atoms with Gasteiger partial charge in [0.1, 0.15) is 18.0 Å². The normalized spacial score (nSPS) is 13.6. The highest BCUT2D eigenvalue weighted by Crippen LogP contribution is 2.39. The van der Waals surface area contributed by atoms with E-state index in [4.69, 9.17) is 19.9 Å². The van der Waals surface area contributed by atoms with Crippen molar-refractivity contribution in [2.24, 2.45) is 11.7 Å². The number of hydrogen-bond acceptors (Lipinski definition) is 8. The molecule has 2 rings (SSSR count). The Morgan fingerprint density at radius 1 is 1.08 bits per heavy atom. The number of ether oxygens (including phenoxy) is 3. The molecule has 0 radical (unpaired) electrons. The molecule has 38 heavy (non-hydrogen) atoms. The van der Waals surface area contributed by atoms with Gasteiger partial charge in [-0.2, -0.15) is 13.2 Å². The van der Waals surface area contributed by atoms with Gasteiger partial charge in [0, 0.05) is 17.3 Å². The number of alkyl halides is 3. The average molecular weight is 541 g/mol. The van der Waals surface area contributed by atoms with Gasteiger partial charge in [-0.3, -0.25) is 0 Å². The average Bonchev–Trinajstić information content (AvgIpc) is 2.75. The topological polar surface area (TPSA) is 117 Å². The quantitative estimate of drug-likeness (QED) is 0.420. The Bertz CT molecular complexity index is 1130. The van der Waals surface area contributed by atoms with Gasteiger partial charge in [0.05, 0.1) is 17.9 Å². The lowest BCUT2D eigenvalue weighted by molar-refractivity contribution is -0.139. The first-order chi connectivity index (χ1) is 17.4. The summed E-state index contributed by atoms with van der Waals surface area (Å²) >= 11 is 0. The molecule has 1 aromatic heterocycles. The minimum atomic E-state index is -4.74. The van der Waals surface area contributed by atoms with Crippen molar-refractivity contribution in [3.63, 3.8) is 0 Å². The van der Waals surface area contributed by atoms with Gasteiger partial charge in [-0.15, -0.1) is 4.90 Å². The standard InChI is InChI=1S/C26H35F3N4O5/c1-8-36-22(34)33(23(35)38-24(4,5)6)21-31-12-11-19(32-21)17-9-10-20(18(13-17)26(27,28)29)37-15-25(7,30)14-16(2)3/h9-13,16H,8,14-15,30H2,1-7H3/t25-/m0/s1. The number of hydrogen-bond donors (Lipinski definition) is 1. The molecule has 2 N–H and O–H groups in total. The zero-order valence-corrected chi connectivity index (χ0v) is 22.7. The maximum Gasteiger partial charge on any atom is 0.427 e. The Morgan fingerprint density at radius 2 is 1.74 bits per heavy atom. The molecule has 0 aliphatic heterocycles. The second-order valence-electron chi connectivity index (χ2n) is 10.5. The summed E-state index contributed by atoms with van der Waals surface area (Å²) < 4.78 is 57.6. The van der Waals surface area contributed by atoms with Crippen molar-refractivity contribution >= 4 is 18.1 Å². The number of nitrogens with two attached hydrogens (primary N) is 1. The van der Waals surface area contributed by atoms with Crippen LogP contribution in [0.4, 0.5) is 28.7 Å². The first-order valence-corrected chi connectivity index (χ1v) is 12.1. The highest BCUT2D eigenvalue weighted by atomic mass is 19.4. The fourth-order valence-electron chi connectivity index (χ4n) is 3.62. The molecule has 0 aliphatic carbocycles. The molecule has 0 aliphatic rings. The predicted molar refractivity (Wildman–Crippen MR) is 136 cm³/mol. The Morgan fingerprint density at radius 3 is 2.29 bits per heavy atom. The fourth-order valence-corrected chi connectivity index (χ4v) is 3.62. The highest BCUT2D eigenvalue weighted by Gasteiger charge is 2.36. The zero-order chi connectivity index (χ0) is 28.9. The molecule has 0 spiro atoms. The van der Waals surface area contributed by atoms with Gasteiger partial charge >= 0.3 is 18.4 Å². The van der Waals surface area contributed by atoms with E-state index in [0.717, 1.165) is 6.07 Å². The van der Waals surface area contributed by atoms with E-state index in [1.54, 1.807) is 34.6 Å². The van der Waals surface area contributed by atoms with Crippen LogP contribution in [0.1, 0.15) is 60.5 Å². The lowest BCUT2D eigenvalue weighted by Crippen LogP contribution is -2.43. The van der Waals surface area contributed by atoms with Gasteiger partial charge in [0.2, 0.25) is 5.95 Å². The molecule has 9 nitrogen and oxygen atoms in total. The molecule has 0 fully saturated rings. The molecular formula is C26H35F3N4O5. The van der Waals surface area contributed by atoms with Crippen LogP contribution in [0.25, 0.3) is 11.3 Å². The van der Waals surface area contributed by atoms with Crippen molar-refractivity contribution in [2.75, 3.05) is 18.1 Å². The number of rotatable bonds is 8. The van der Waals surface area contributed by atoms with Gasteiger partial charge in [-0.05, 0) is 71.2 Å². The van der Waals surface area contributed by atoms with Gasteiger partial charge in [-0.25, -0.2) is 19.6 Å². The SMILES string of the molecule is CCOC(=O)N(C(=O)OC(C)(C)C)c1nccc(-c2ccc(OC[C@@](C)(N)CC(C)C)c(C(F)(F)F)c2)n1. The van der Waals surface area contributed by atoms with Crippen molar-refractivity contribution in [1.82, 2.24) is 9.97 Å². The molecular weight excluding hydrogens is 505 g/mol. The van der Waals surface area contributed by atoms with E-state index in [1.807, 2.05) is 13.8 Å². The largest absolute Gasteiger partial charge is 0.491 e. The highest BCUT2D eigenvalue weighted by molar-refractivity contribution is 6.08. The lowest BCUT2D eigenvalue weighted by Gasteiger charge is -2.27. The van der Waals surface area contributed by atoms with E-state index < -0.39 is 41.0 Å². The zero-order valence-electron chi connectivity index (χ0n) is 22.7. The van der Waals surface area contributed by atoms with E-state index in [9.17, 15) is 22.8 Å². The number of carbonyl (C=O) groups excluding carboxylic acids is 2. The molecule has 1 aromatic carbocycles. The Balaban J connectivity index is 2.47. The summed E-state index contributed by atoms with van der Waals surface area (Å²) in [6.07, 6.45) is -5.16. The van der Waals surface area contributed by atoms with Gasteiger partial charge in [0.25, 0.3) is 0 Å².